The third kappa shape index (κ3) is 5.27. The lowest BCUT2D eigenvalue weighted by atomic mass is 10.2. The van der Waals surface area contributed by atoms with Crippen molar-refractivity contribution in [1.82, 2.24) is 0 Å². The van der Waals surface area contributed by atoms with E-state index < -0.39 is 21.2 Å². The zero-order valence-corrected chi connectivity index (χ0v) is 17.3. The Hall–Kier alpha value is -3.69. The lowest BCUT2D eigenvalue weighted by Gasteiger charge is -2.10. The smallest absolute Gasteiger partial charge is 0.318 e. The highest BCUT2D eigenvalue weighted by molar-refractivity contribution is 6.37. The van der Waals surface area contributed by atoms with Crippen LogP contribution in [0.2, 0.25) is 10.0 Å². The van der Waals surface area contributed by atoms with Gasteiger partial charge in [-0.25, -0.2) is 0 Å². The zero-order valence-electron chi connectivity index (χ0n) is 15.8. The number of nitro groups is 2. The molecule has 3 rings (SSSR count). The van der Waals surface area contributed by atoms with Crippen LogP contribution in [0, 0.1) is 20.2 Å². The maximum Gasteiger partial charge on any atom is 0.318 e. The predicted octanol–water partition coefficient (Wildman–Crippen LogP) is 6.36. The van der Waals surface area contributed by atoms with Gasteiger partial charge in [-0.2, -0.15) is 0 Å². The summed E-state index contributed by atoms with van der Waals surface area (Å²) in [5, 5.41) is 22.3. The highest BCUT2D eigenvalue weighted by Crippen LogP contribution is 2.41. The molecule has 0 amide bonds. The molecule has 0 aliphatic carbocycles. The van der Waals surface area contributed by atoms with E-state index in [1.165, 1.54) is 18.3 Å². The van der Waals surface area contributed by atoms with E-state index in [0.717, 1.165) is 18.2 Å². The second-order valence-electron chi connectivity index (χ2n) is 6.04. The molecule has 0 bridgehead atoms. The Balaban J connectivity index is 1.88. The number of methoxy groups -OCH3 is 1. The van der Waals surface area contributed by atoms with Crippen molar-refractivity contribution in [3.63, 3.8) is 0 Å². The second-order valence-corrected chi connectivity index (χ2v) is 6.85. The quantitative estimate of drug-likeness (QED) is 0.229. The topological polar surface area (TPSA) is 117 Å². The molecule has 0 N–H and O–H groups in total. The van der Waals surface area contributed by atoms with Crippen molar-refractivity contribution in [2.24, 2.45) is 4.99 Å². The van der Waals surface area contributed by atoms with Crippen LogP contribution in [0.15, 0.2) is 59.6 Å². The predicted molar refractivity (Wildman–Crippen MR) is 117 cm³/mol. The Morgan fingerprint density at radius 3 is 2.13 bits per heavy atom. The number of aliphatic imine (C=N–C) groups is 1. The van der Waals surface area contributed by atoms with Gasteiger partial charge in [0.25, 0.3) is 5.69 Å². The molecule has 31 heavy (non-hydrogen) atoms. The Labute approximate surface area is 185 Å². The summed E-state index contributed by atoms with van der Waals surface area (Å²) in [6.45, 7) is 0. The first-order chi connectivity index (χ1) is 14.8. The molecule has 11 heteroatoms. The van der Waals surface area contributed by atoms with Crippen LogP contribution >= 0.6 is 23.2 Å². The van der Waals surface area contributed by atoms with Crippen LogP contribution < -0.4 is 9.47 Å². The van der Waals surface area contributed by atoms with Crippen LogP contribution in [0.25, 0.3) is 0 Å². The van der Waals surface area contributed by atoms with E-state index in [9.17, 15) is 20.2 Å². The molecule has 0 saturated carbocycles. The molecule has 3 aromatic rings. The first-order valence-corrected chi connectivity index (χ1v) is 9.32. The monoisotopic (exact) mass is 461 g/mol. The molecular formula is C20H13Cl2N3O6. The lowest BCUT2D eigenvalue weighted by Crippen LogP contribution is -1.97. The fourth-order valence-corrected chi connectivity index (χ4v) is 3.11. The number of ether oxygens (including phenoxy) is 2. The zero-order chi connectivity index (χ0) is 22.5. The molecule has 9 nitrogen and oxygen atoms in total. The summed E-state index contributed by atoms with van der Waals surface area (Å²) in [5.74, 6) is 0.438. The van der Waals surface area contributed by atoms with Gasteiger partial charge >= 0.3 is 5.69 Å². The summed E-state index contributed by atoms with van der Waals surface area (Å²) in [4.78, 5) is 24.9. The van der Waals surface area contributed by atoms with E-state index in [0.29, 0.717) is 17.0 Å². The molecule has 0 radical (unpaired) electrons. The first kappa shape index (κ1) is 22.0. The van der Waals surface area contributed by atoms with Gasteiger partial charge in [0, 0.05) is 12.3 Å². The van der Waals surface area contributed by atoms with Crippen molar-refractivity contribution in [1.29, 1.82) is 0 Å². The Morgan fingerprint density at radius 1 is 0.935 bits per heavy atom. The molecule has 0 aromatic heterocycles. The number of non-ortho nitro benzene ring substituents is 1. The van der Waals surface area contributed by atoms with Gasteiger partial charge in [0.15, 0.2) is 5.75 Å². The molecule has 158 valence electrons. The lowest BCUT2D eigenvalue weighted by molar-refractivity contribution is -0.394. The molecule has 0 heterocycles. The van der Waals surface area contributed by atoms with E-state index in [1.54, 1.807) is 31.4 Å². The highest BCUT2D eigenvalue weighted by atomic mass is 35.5. The van der Waals surface area contributed by atoms with Crippen LogP contribution in [-0.2, 0) is 0 Å². The van der Waals surface area contributed by atoms with Crippen molar-refractivity contribution in [3.8, 4) is 17.2 Å². The Morgan fingerprint density at radius 2 is 1.58 bits per heavy atom. The van der Waals surface area contributed by atoms with Crippen LogP contribution in [-0.4, -0.2) is 23.2 Å². The number of hydrogen-bond acceptors (Lipinski definition) is 7. The Bertz CT molecular complexity index is 1160. The minimum absolute atomic E-state index is 0.0260. The molecule has 0 saturated heterocycles. The van der Waals surface area contributed by atoms with Crippen LogP contribution in [0.3, 0.4) is 0 Å². The maximum atomic E-state index is 11.3. The third-order valence-electron chi connectivity index (χ3n) is 4.02. The summed E-state index contributed by atoms with van der Waals surface area (Å²) in [6, 6.07) is 13.1. The average molecular weight is 462 g/mol. The molecule has 0 aliphatic rings. The van der Waals surface area contributed by atoms with E-state index >= 15 is 0 Å². The molecule has 0 spiro atoms. The van der Waals surface area contributed by atoms with Gasteiger partial charge in [-0.1, -0.05) is 23.2 Å². The molecule has 0 fully saturated rings. The van der Waals surface area contributed by atoms with Gasteiger partial charge in [-0.05, 0) is 48.0 Å². The second kappa shape index (κ2) is 9.41. The summed E-state index contributed by atoms with van der Waals surface area (Å²) >= 11 is 12.5. The largest absolute Gasteiger partial charge is 0.497 e. The first-order valence-electron chi connectivity index (χ1n) is 8.56. The average Bonchev–Trinajstić information content (AvgIpc) is 2.75. The number of rotatable bonds is 7. The van der Waals surface area contributed by atoms with Gasteiger partial charge in [-0.15, -0.1) is 0 Å². The highest BCUT2D eigenvalue weighted by Gasteiger charge is 2.23. The van der Waals surface area contributed by atoms with Gasteiger partial charge < -0.3 is 9.47 Å². The van der Waals surface area contributed by atoms with Crippen molar-refractivity contribution in [2.75, 3.05) is 7.11 Å². The van der Waals surface area contributed by atoms with E-state index in [4.69, 9.17) is 32.7 Å². The SMILES string of the molecule is COc1ccc(N=Cc2cc(Cl)c(Oc3ccc([N+](=O)[O-])cc3[N+](=O)[O-])c(Cl)c2)cc1. The molecular weight excluding hydrogens is 449 g/mol. The van der Waals surface area contributed by atoms with Crippen molar-refractivity contribution in [2.45, 2.75) is 0 Å². The van der Waals surface area contributed by atoms with Crippen LogP contribution in [0.5, 0.6) is 17.2 Å². The molecule has 3 aromatic carbocycles. The molecule has 0 atom stereocenters. The van der Waals surface area contributed by atoms with E-state index in [2.05, 4.69) is 4.99 Å². The summed E-state index contributed by atoms with van der Waals surface area (Å²) in [5.41, 5.74) is 0.207. The van der Waals surface area contributed by atoms with Crippen LogP contribution in [0.1, 0.15) is 5.56 Å². The fourth-order valence-electron chi connectivity index (χ4n) is 2.53. The van der Waals surface area contributed by atoms with Crippen LogP contribution in [0.4, 0.5) is 17.1 Å². The van der Waals surface area contributed by atoms with Crippen molar-refractivity contribution < 1.29 is 19.3 Å². The normalized spacial score (nSPS) is 10.8. The Kier molecular flexibility index (Phi) is 6.68. The maximum absolute atomic E-state index is 11.3. The van der Waals surface area contributed by atoms with E-state index in [-0.39, 0.29) is 21.5 Å². The van der Waals surface area contributed by atoms with Gasteiger partial charge in [0.05, 0.1) is 38.8 Å². The number of halogens is 2. The number of hydrogen-bond donors (Lipinski definition) is 0. The summed E-state index contributed by atoms with van der Waals surface area (Å²) in [6.07, 6.45) is 1.54. The van der Waals surface area contributed by atoms with Crippen molar-refractivity contribution >= 4 is 46.5 Å². The minimum Gasteiger partial charge on any atom is -0.497 e. The van der Waals surface area contributed by atoms with Crippen molar-refractivity contribution in [3.05, 3.63) is 90.4 Å². The number of nitrogens with zero attached hydrogens (tertiary/aromatic N) is 3. The fraction of sp³-hybridized carbons (Fsp3) is 0.0500. The number of nitro benzene ring substituents is 2. The van der Waals surface area contributed by atoms with Gasteiger partial charge in [0.1, 0.15) is 5.75 Å². The number of benzene rings is 3. The van der Waals surface area contributed by atoms with Gasteiger partial charge in [0.2, 0.25) is 5.75 Å². The molecule has 0 unspecified atom stereocenters. The van der Waals surface area contributed by atoms with Gasteiger partial charge in [-0.3, -0.25) is 25.2 Å². The standard InChI is InChI=1S/C20H13Cl2N3O6/c1-30-15-5-2-13(3-6-15)23-11-12-8-16(21)20(17(22)9-12)31-19-7-4-14(24(26)27)10-18(19)25(28)29/h2-11H,1H3. The third-order valence-corrected chi connectivity index (χ3v) is 4.58. The molecule has 0 aliphatic heterocycles. The summed E-state index contributed by atoms with van der Waals surface area (Å²) in [7, 11) is 1.57. The minimum atomic E-state index is -0.792. The van der Waals surface area contributed by atoms with E-state index in [1.807, 2.05) is 0 Å². The summed E-state index contributed by atoms with van der Waals surface area (Å²) < 4.78 is 10.6.